The third kappa shape index (κ3) is 3.18. The van der Waals surface area contributed by atoms with Crippen LogP contribution in [-0.2, 0) is 7.05 Å². The lowest BCUT2D eigenvalue weighted by Gasteiger charge is -2.32. The maximum absolute atomic E-state index is 9.23. The van der Waals surface area contributed by atoms with Gasteiger partial charge in [0.15, 0.2) is 5.69 Å². The minimum absolute atomic E-state index is 0. The summed E-state index contributed by atoms with van der Waals surface area (Å²) in [4.78, 5) is 11.1. The van der Waals surface area contributed by atoms with E-state index in [0.717, 1.165) is 31.0 Å². The Morgan fingerprint density at radius 2 is 2.23 bits per heavy atom. The van der Waals surface area contributed by atoms with Crippen molar-refractivity contribution in [2.75, 3.05) is 24.5 Å². The van der Waals surface area contributed by atoms with E-state index < -0.39 is 0 Å². The lowest BCUT2D eigenvalue weighted by molar-refractivity contribution is 0.482. The molecular weight excluding hydrogens is 302 g/mol. The highest BCUT2D eigenvalue weighted by molar-refractivity contribution is 5.85. The van der Waals surface area contributed by atoms with Crippen LogP contribution in [0.25, 0.3) is 11.3 Å². The molecule has 0 bridgehead atoms. The Kier molecular flexibility index (Phi) is 4.96. The van der Waals surface area contributed by atoms with Gasteiger partial charge in [0.05, 0.1) is 12.4 Å². The van der Waals surface area contributed by atoms with Crippen LogP contribution in [0.4, 0.5) is 5.82 Å². The zero-order chi connectivity index (χ0) is 14.8. The van der Waals surface area contributed by atoms with E-state index in [-0.39, 0.29) is 12.4 Å². The first-order chi connectivity index (χ1) is 10.2. The summed E-state index contributed by atoms with van der Waals surface area (Å²) in [5.74, 6) is 0.807. The molecule has 116 valence electrons. The maximum atomic E-state index is 9.23. The normalized spacial score (nSPS) is 17.7. The lowest BCUT2D eigenvalue weighted by Crippen LogP contribution is -2.49. The molecule has 0 unspecified atom stereocenters. The zero-order valence-electron chi connectivity index (χ0n) is 12.5. The number of aromatic nitrogens is 4. The fourth-order valence-corrected chi connectivity index (χ4v) is 2.50. The Morgan fingerprint density at radius 1 is 1.41 bits per heavy atom. The number of hydrogen-bond acceptors (Lipinski definition) is 6. The smallest absolute Gasteiger partial charge is 0.167 e. The highest BCUT2D eigenvalue weighted by Gasteiger charge is 2.19. The molecular formula is C14H18ClN7. The summed E-state index contributed by atoms with van der Waals surface area (Å²) >= 11 is 0. The van der Waals surface area contributed by atoms with Crippen LogP contribution in [0.5, 0.6) is 0 Å². The van der Waals surface area contributed by atoms with Gasteiger partial charge in [-0.25, -0.2) is 9.97 Å². The fourth-order valence-electron chi connectivity index (χ4n) is 2.50. The average Bonchev–Trinajstić information content (AvgIpc) is 2.93. The van der Waals surface area contributed by atoms with Crippen LogP contribution in [0.2, 0.25) is 0 Å². The molecule has 22 heavy (non-hydrogen) atoms. The Labute approximate surface area is 135 Å². The van der Waals surface area contributed by atoms with Gasteiger partial charge < -0.3 is 10.2 Å². The van der Waals surface area contributed by atoms with Crippen molar-refractivity contribution in [2.24, 2.45) is 7.05 Å². The van der Waals surface area contributed by atoms with E-state index in [9.17, 15) is 5.26 Å². The van der Waals surface area contributed by atoms with Gasteiger partial charge in [-0.05, 0) is 6.92 Å². The third-order valence-corrected chi connectivity index (χ3v) is 3.54. The molecule has 0 saturated carbocycles. The molecule has 0 spiro atoms. The minimum Gasteiger partial charge on any atom is -0.352 e. The van der Waals surface area contributed by atoms with Gasteiger partial charge in [-0.2, -0.15) is 10.4 Å². The van der Waals surface area contributed by atoms with Crippen LogP contribution in [0.1, 0.15) is 12.6 Å². The monoisotopic (exact) mass is 319 g/mol. The first-order valence-electron chi connectivity index (χ1n) is 6.92. The van der Waals surface area contributed by atoms with Gasteiger partial charge in [-0.3, -0.25) is 4.68 Å². The van der Waals surface area contributed by atoms with E-state index in [2.05, 4.69) is 38.3 Å². The predicted octanol–water partition coefficient (Wildman–Crippen LogP) is 0.969. The Morgan fingerprint density at radius 3 is 2.86 bits per heavy atom. The molecule has 0 aliphatic carbocycles. The van der Waals surface area contributed by atoms with Crippen molar-refractivity contribution < 1.29 is 0 Å². The summed E-state index contributed by atoms with van der Waals surface area (Å²) in [6.07, 6.45) is 5.22. The molecule has 1 atom stereocenters. The zero-order valence-corrected chi connectivity index (χ0v) is 13.3. The molecule has 1 N–H and O–H groups in total. The van der Waals surface area contributed by atoms with Gasteiger partial charge in [0.2, 0.25) is 0 Å². The number of halogens is 1. The highest BCUT2D eigenvalue weighted by Crippen LogP contribution is 2.22. The number of nitrogens with zero attached hydrogens (tertiary/aromatic N) is 6. The number of aryl methyl sites for hydroxylation is 1. The quantitative estimate of drug-likeness (QED) is 0.888. The van der Waals surface area contributed by atoms with Crippen LogP contribution in [0.3, 0.4) is 0 Å². The average molecular weight is 320 g/mol. The lowest BCUT2D eigenvalue weighted by atomic mass is 10.2. The number of nitrogens with one attached hydrogen (secondary N) is 1. The van der Waals surface area contributed by atoms with Crippen molar-refractivity contribution in [3.05, 3.63) is 24.3 Å². The molecule has 7 nitrogen and oxygen atoms in total. The van der Waals surface area contributed by atoms with Crippen LogP contribution in [0, 0.1) is 11.3 Å². The first-order valence-corrected chi connectivity index (χ1v) is 6.92. The Bertz CT molecular complexity index is 691. The van der Waals surface area contributed by atoms with E-state index in [1.54, 1.807) is 17.1 Å². The molecule has 2 aromatic heterocycles. The van der Waals surface area contributed by atoms with Crippen molar-refractivity contribution >= 4 is 18.2 Å². The second kappa shape index (κ2) is 6.73. The Hall–Kier alpha value is -2.17. The third-order valence-electron chi connectivity index (χ3n) is 3.54. The largest absolute Gasteiger partial charge is 0.352 e. The van der Waals surface area contributed by atoms with E-state index in [4.69, 9.17) is 0 Å². The van der Waals surface area contributed by atoms with Gasteiger partial charge in [-0.15, -0.1) is 12.4 Å². The van der Waals surface area contributed by atoms with Crippen LogP contribution < -0.4 is 10.2 Å². The van der Waals surface area contributed by atoms with Gasteiger partial charge >= 0.3 is 0 Å². The van der Waals surface area contributed by atoms with Gasteiger partial charge in [0, 0.05) is 44.5 Å². The Balaban J connectivity index is 0.00000176. The molecule has 1 fully saturated rings. The van der Waals surface area contributed by atoms with Crippen LogP contribution in [0.15, 0.2) is 18.6 Å². The van der Waals surface area contributed by atoms with Gasteiger partial charge in [0.1, 0.15) is 17.6 Å². The predicted molar refractivity (Wildman–Crippen MR) is 85.9 cm³/mol. The van der Waals surface area contributed by atoms with Crippen molar-refractivity contribution in [2.45, 2.75) is 13.0 Å². The second-order valence-electron chi connectivity index (χ2n) is 5.24. The second-order valence-corrected chi connectivity index (χ2v) is 5.24. The molecule has 3 heterocycles. The topological polar surface area (TPSA) is 82.7 Å². The van der Waals surface area contributed by atoms with Gasteiger partial charge in [-0.1, -0.05) is 0 Å². The number of anilines is 1. The first kappa shape index (κ1) is 16.2. The molecule has 0 aromatic carbocycles. The fraction of sp³-hybridized carbons (Fsp3) is 0.429. The number of rotatable bonds is 2. The van der Waals surface area contributed by atoms with Crippen molar-refractivity contribution in [1.29, 1.82) is 5.26 Å². The van der Waals surface area contributed by atoms with E-state index in [0.29, 0.717) is 17.4 Å². The van der Waals surface area contributed by atoms with E-state index in [1.165, 1.54) is 0 Å². The molecule has 3 rings (SSSR count). The van der Waals surface area contributed by atoms with Crippen molar-refractivity contribution in [3.8, 4) is 17.3 Å². The van der Waals surface area contributed by atoms with Crippen LogP contribution >= 0.6 is 12.4 Å². The standard InChI is InChI=1S/C14H17N7.ClH/c1-10-8-21(4-3-16-10)13-7-17-12(5-15)14(19-13)11-6-18-20(2)9-11;/h6-7,9-10,16H,3-4,8H2,1-2H3;1H/t10-;/m0./s1. The van der Waals surface area contributed by atoms with Crippen molar-refractivity contribution in [3.63, 3.8) is 0 Å². The molecule has 1 saturated heterocycles. The highest BCUT2D eigenvalue weighted by atomic mass is 35.5. The maximum Gasteiger partial charge on any atom is 0.167 e. The molecule has 0 radical (unpaired) electrons. The van der Waals surface area contributed by atoms with E-state index >= 15 is 0 Å². The summed E-state index contributed by atoms with van der Waals surface area (Å²) in [5.41, 5.74) is 1.73. The van der Waals surface area contributed by atoms with Crippen molar-refractivity contribution in [1.82, 2.24) is 25.1 Å². The molecule has 0 amide bonds. The summed E-state index contributed by atoms with van der Waals surface area (Å²) in [7, 11) is 1.84. The number of nitriles is 1. The molecule has 2 aromatic rings. The SMILES string of the molecule is C[C@H]1CN(c2cnc(C#N)c(-c3cnn(C)c3)n2)CCN1.Cl. The molecule has 8 heteroatoms. The molecule has 1 aliphatic heterocycles. The van der Waals surface area contributed by atoms with Gasteiger partial charge in [0.25, 0.3) is 0 Å². The van der Waals surface area contributed by atoms with Crippen LogP contribution in [-0.4, -0.2) is 45.4 Å². The molecule has 1 aliphatic rings. The minimum atomic E-state index is 0. The number of hydrogen-bond donors (Lipinski definition) is 1. The summed E-state index contributed by atoms with van der Waals surface area (Å²) in [6, 6.07) is 2.52. The van der Waals surface area contributed by atoms with E-state index in [1.807, 2.05) is 13.2 Å². The summed E-state index contributed by atoms with van der Waals surface area (Å²) < 4.78 is 1.69. The number of piperazine rings is 1. The summed E-state index contributed by atoms with van der Waals surface area (Å²) in [5, 5.41) is 16.8. The summed E-state index contributed by atoms with van der Waals surface area (Å²) in [6.45, 7) is 4.83.